The predicted molar refractivity (Wildman–Crippen MR) is 72.7 cm³/mol. The highest BCUT2D eigenvalue weighted by Gasteiger charge is 2.30. The van der Waals surface area contributed by atoms with E-state index in [1.807, 2.05) is 0 Å². The number of nitrogens with one attached hydrogen (secondary N) is 1. The largest absolute Gasteiger partial charge is 0.416 e. The van der Waals surface area contributed by atoms with Crippen molar-refractivity contribution in [3.63, 3.8) is 0 Å². The van der Waals surface area contributed by atoms with Crippen molar-refractivity contribution in [1.82, 2.24) is 10.3 Å². The average Bonchev–Trinajstić information content (AvgIpc) is 2.47. The molecule has 0 aliphatic heterocycles. The van der Waals surface area contributed by atoms with Gasteiger partial charge in [-0.2, -0.15) is 13.2 Å². The Morgan fingerprint density at radius 3 is 2.43 bits per heavy atom. The van der Waals surface area contributed by atoms with E-state index in [-0.39, 0.29) is 11.6 Å². The summed E-state index contributed by atoms with van der Waals surface area (Å²) in [5.41, 5.74) is 0.439. The first-order valence-corrected chi connectivity index (χ1v) is 6.33. The molecule has 0 atom stereocenters. The van der Waals surface area contributed by atoms with E-state index in [1.165, 1.54) is 0 Å². The van der Waals surface area contributed by atoms with Crippen molar-refractivity contribution in [3.05, 3.63) is 53.7 Å². The number of aromatic nitrogens is 1. The van der Waals surface area contributed by atoms with Gasteiger partial charge in [-0.1, -0.05) is 12.1 Å². The van der Waals surface area contributed by atoms with Gasteiger partial charge in [-0.25, -0.2) is 0 Å². The van der Waals surface area contributed by atoms with E-state index in [2.05, 4.69) is 10.3 Å². The van der Waals surface area contributed by atoms with Crippen molar-refractivity contribution in [2.24, 2.45) is 0 Å². The zero-order valence-corrected chi connectivity index (χ0v) is 11.2. The Bertz CT molecular complexity index is 636. The molecule has 1 amide bonds. The van der Waals surface area contributed by atoms with Crippen LogP contribution in [0.3, 0.4) is 0 Å². The Morgan fingerprint density at radius 2 is 1.86 bits per heavy atom. The molecule has 0 saturated heterocycles. The van der Waals surface area contributed by atoms with Gasteiger partial charge in [0.25, 0.3) is 5.91 Å². The van der Waals surface area contributed by atoms with Gasteiger partial charge >= 0.3 is 6.18 Å². The zero-order chi connectivity index (χ0) is 15.5. The molecule has 1 heterocycles. The van der Waals surface area contributed by atoms with E-state index in [4.69, 9.17) is 0 Å². The summed E-state index contributed by atoms with van der Waals surface area (Å²) in [7, 11) is 0. The Hall–Kier alpha value is -2.37. The van der Waals surface area contributed by atoms with E-state index in [1.54, 1.807) is 31.2 Å². The van der Waals surface area contributed by atoms with Crippen molar-refractivity contribution in [2.45, 2.75) is 13.1 Å². The minimum absolute atomic E-state index is 0.215. The van der Waals surface area contributed by atoms with Gasteiger partial charge in [0, 0.05) is 23.9 Å². The molecule has 2 rings (SSSR count). The van der Waals surface area contributed by atoms with Crippen LogP contribution in [0.4, 0.5) is 13.2 Å². The number of hydrogen-bond donors (Lipinski definition) is 1. The number of rotatable bonds is 3. The van der Waals surface area contributed by atoms with Gasteiger partial charge in [-0.05, 0) is 31.2 Å². The number of carbonyl (C=O) groups excluding carboxylic acids is 1. The number of alkyl halides is 3. The zero-order valence-electron chi connectivity index (χ0n) is 11.2. The molecular weight excluding hydrogens is 281 g/mol. The second-order valence-electron chi connectivity index (χ2n) is 4.36. The maximum absolute atomic E-state index is 12.7. The molecule has 0 aliphatic carbocycles. The maximum Gasteiger partial charge on any atom is 0.416 e. The Labute approximate surface area is 119 Å². The summed E-state index contributed by atoms with van der Waals surface area (Å²) >= 11 is 0. The molecule has 0 saturated carbocycles. The lowest BCUT2D eigenvalue weighted by molar-refractivity contribution is -0.137. The second-order valence-corrected chi connectivity index (χ2v) is 4.36. The third-order valence-electron chi connectivity index (χ3n) is 2.87. The van der Waals surface area contributed by atoms with Crippen LogP contribution in [-0.4, -0.2) is 17.4 Å². The fourth-order valence-corrected chi connectivity index (χ4v) is 1.82. The molecule has 1 aromatic carbocycles. The Morgan fingerprint density at radius 1 is 1.19 bits per heavy atom. The lowest BCUT2D eigenvalue weighted by Gasteiger charge is -2.08. The Balaban J connectivity index is 2.29. The summed E-state index contributed by atoms with van der Waals surface area (Å²) in [6, 6.07) is 8.18. The topological polar surface area (TPSA) is 42.0 Å². The fourth-order valence-electron chi connectivity index (χ4n) is 1.82. The van der Waals surface area contributed by atoms with Crippen molar-refractivity contribution in [1.29, 1.82) is 0 Å². The third-order valence-corrected chi connectivity index (χ3v) is 2.87. The van der Waals surface area contributed by atoms with Crippen LogP contribution in [0.2, 0.25) is 0 Å². The molecular formula is C15H13F3N2O. The molecule has 0 fully saturated rings. The van der Waals surface area contributed by atoms with Crippen LogP contribution in [0.5, 0.6) is 0 Å². The fraction of sp³-hybridized carbons (Fsp3) is 0.200. The summed E-state index contributed by atoms with van der Waals surface area (Å²) in [6.07, 6.45) is -3.28. The highest BCUT2D eigenvalue weighted by atomic mass is 19.4. The molecule has 0 radical (unpaired) electrons. The van der Waals surface area contributed by atoms with E-state index >= 15 is 0 Å². The lowest BCUT2D eigenvalue weighted by Crippen LogP contribution is -2.22. The highest BCUT2D eigenvalue weighted by Crippen LogP contribution is 2.31. The lowest BCUT2D eigenvalue weighted by atomic mass is 10.1. The van der Waals surface area contributed by atoms with E-state index in [0.717, 1.165) is 18.3 Å². The Kier molecular flexibility index (Phi) is 4.26. The van der Waals surface area contributed by atoms with Crippen molar-refractivity contribution < 1.29 is 18.0 Å². The average molecular weight is 294 g/mol. The van der Waals surface area contributed by atoms with Gasteiger partial charge in [-0.3, -0.25) is 9.78 Å². The van der Waals surface area contributed by atoms with Crippen LogP contribution in [0.15, 0.2) is 42.6 Å². The first kappa shape index (κ1) is 15.0. The quantitative estimate of drug-likeness (QED) is 0.941. The normalized spacial score (nSPS) is 11.2. The number of nitrogens with zero attached hydrogens (tertiary/aromatic N) is 1. The second kappa shape index (κ2) is 5.95. The summed E-state index contributed by atoms with van der Waals surface area (Å²) < 4.78 is 38.0. The van der Waals surface area contributed by atoms with Gasteiger partial charge in [-0.15, -0.1) is 0 Å². The summed E-state index contributed by atoms with van der Waals surface area (Å²) in [4.78, 5) is 15.5. The van der Waals surface area contributed by atoms with Crippen LogP contribution in [0, 0.1) is 0 Å². The molecule has 3 nitrogen and oxygen atoms in total. The number of pyridine rings is 1. The predicted octanol–water partition coefficient (Wildman–Crippen LogP) is 3.52. The standard InChI is InChI=1S/C15H13F3N2O/c1-2-19-14(21)11-5-3-10(4-6-11)13-9-12(7-8-20-13)15(16,17)18/h3-9H,2H2,1H3,(H,19,21). The van der Waals surface area contributed by atoms with Crippen LogP contribution in [0.25, 0.3) is 11.3 Å². The number of halogens is 3. The molecule has 110 valence electrons. The molecule has 21 heavy (non-hydrogen) atoms. The van der Waals surface area contributed by atoms with Gasteiger partial charge < -0.3 is 5.32 Å². The van der Waals surface area contributed by atoms with Crippen LogP contribution in [0.1, 0.15) is 22.8 Å². The molecule has 1 aromatic heterocycles. The van der Waals surface area contributed by atoms with Crippen molar-refractivity contribution in [2.75, 3.05) is 6.54 Å². The molecule has 0 spiro atoms. The SMILES string of the molecule is CCNC(=O)c1ccc(-c2cc(C(F)(F)F)ccn2)cc1. The summed E-state index contributed by atoms with van der Waals surface area (Å²) in [5, 5.41) is 2.65. The molecule has 0 bridgehead atoms. The molecule has 0 aliphatic rings. The number of hydrogen-bond acceptors (Lipinski definition) is 2. The summed E-state index contributed by atoms with van der Waals surface area (Å²) in [5.74, 6) is -0.221. The van der Waals surface area contributed by atoms with Crippen LogP contribution in [-0.2, 0) is 6.18 Å². The summed E-state index contributed by atoms with van der Waals surface area (Å²) in [6.45, 7) is 2.31. The molecule has 6 heteroatoms. The number of benzene rings is 1. The van der Waals surface area contributed by atoms with Crippen LogP contribution >= 0.6 is 0 Å². The van der Waals surface area contributed by atoms with Gasteiger partial charge in [0.15, 0.2) is 0 Å². The van der Waals surface area contributed by atoms with E-state index in [9.17, 15) is 18.0 Å². The monoisotopic (exact) mass is 294 g/mol. The maximum atomic E-state index is 12.7. The molecule has 0 unspecified atom stereocenters. The first-order chi connectivity index (χ1) is 9.91. The minimum Gasteiger partial charge on any atom is -0.352 e. The van der Waals surface area contributed by atoms with Crippen molar-refractivity contribution in [3.8, 4) is 11.3 Å². The smallest absolute Gasteiger partial charge is 0.352 e. The highest BCUT2D eigenvalue weighted by molar-refractivity contribution is 5.94. The first-order valence-electron chi connectivity index (χ1n) is 6.33. The third kappa shape index (κ3) is 3.59. The number of carbonyl (C=O) groups is 1. The van der Waals surface area contributed by atoms with Crippen molar-refractivity contribution >= 4 is 5.91 Å². The van der Waals surface area contributed by atoms with Gasteiger partial charge in [0.1, 0.15) is 0 Å². The number of amides is 1. The van der Waals surface area contributed by atoms with E-state index in [0.29, 0.717) is 17.7 Å². The van der Waals surface area contributed by atoms with Gasteiger partial charge in [0.2, 0.25) is 0 Å². The molecule has 2 aromatic rings. The van der Waals surface area contributed by atoms with E-state index < -0.39 is 11.7 Å². The minimum atomic E-state index is -4.40. The molecule has 1 N–H and O–H groups in total. The van der Waals surface area contributed by atoms with Crippen LogP contribution < -0.4 is 5.32 Å². The van der Waals surface area contributed by atoms with Gasteiger partial charge in [0.05, 0.1) is 11.3 Å².